The Kier molecular flexibility index (Phi) is 9.42. The van der Waals surface area contributed by atoms with E-state index in [-0.39, 0.29) is 36.9 Å². The van der Waals surface area contributed by atoms with E-state index in [2.05, 4.69) is 104 Å². The molecule has 0 aromatic rings. The predicted octanol–water partition coefficient (Wildman–Crippen LogP) is 5.67. The first kappa shape index (κ1) is 23.8. The van der Waals surface area contributed by atoms with E-state index in [9.17, 15) is 0 Å². The summed E-state index contributed by atoms with van der Waals surface area (Å²) in [5, 5.41) is 0. The van der Waals surface area contributed by atoms with E-state index in [1.165, 1.54) is 11.1 Å². The van der Waals surface area contributed by atoms with Gasteiger partial charge >= 0.3 is 23.1 Å². The van der Waals surface area contributed by atoms with Crippen molar-refractivity contribution in [1.82, 2.24) is 0 Å². The molecule has 0 aromatic heterocycles. The first-order valence-electron chi connectivity index (χ1n) is 8.68. The van der Waals surface area contributed by atoms with Crippen LogP contribution in [0, 0.1) is 34.8 Å². The molecule has 2 aliphatic rings. The first-order valence-corrected chi connectivity index (χ1v) is 11.3. The topological polar surface area (TPSA) is 0 Å². The molecule has 24 heavy (non-hydrogen) atoms. The van der Waals surface area contributed by atoms with E-state index in [1.54, 1.807) is 0 Å². The van der Waals surface area contributed by atoms with Gasteiger partial charge in [-0.05, 0) is 8.41 Å². The fraction of sp³-hybridized carbons (Fsp3) is 0.591. The van der Waals surface area contributed by atoms with Gasteiger partial charge in [-0.2, -0.15) is 23.3 Å². The predicted molar refractivity (Wildman–Crippen MR) is 113 cm³/mol. The second-order valence-electron chi connectivity index (χ2n) is 8.92. The third kappa shape index (κ3) is 8.26. The van der Waals surface area contributed by atoms with Crippen LogP contribution in [0.3, 0.4) is 0 Å². The minimum absolute atomic E-state index is 0. The van der Waals surface area contributed by atoms with Gasteiger partial charge < -0.3 is 0 Å². The third-order valence-corrected chi connectivity index (χ3v) is 4.99. The van der Waals surface area contributed by atoms with Gasteiger partial charge in [-0.1, -0.05) is 84.2 Å². The van der Waals surface area contributed by atoms with Crippen molar-refractivity contribution in [2.75, 3.05) is 0 Å². The molecule has 0 radical (unpaired) electrons. The molecule has 0 amide bonds. The summed E-state index contributed by atoms with van der Waals surface area (Å²) >= 11 is 0. The van der Waals surface area contributed by atoms with E-state index < -0.39 is 0 Å². The molecule has 0 saturated carbocycles. The summed E-state index contributed by atoms with van der Waals surface area (Å²) in [6.07, 6.45) is 15.6. The zero-order valence-electron chi connectivity index (χ0n) is 17.2. The number of hydrogen-bond donors (Lipinski definition) is 0. The van der Waals surface area contributed by atoms with E-state index >= 15 is 0 Å². The van der Waals surface area contributed by atoms with Crippen LogP contribution in [0.15, 0.2) is 35.5 Å². The largest absolute Gasteiger partial charge is 2.00 e. The number of rotatable bonds is 1. The molecular formula is C22H34MgSi. The van der Waals surface area contributed by atoms with E-state index in [4.69, 9.17) is 0 Å². The summed E-state index contributed by atoms with van der Waals surface area (Å²) in [5.41, 5.74) is 5.86. The van der Waals surface area contributed by atoms with Crippen LogP contribution in [0.2, 0.25) is 13.1 Å². The van der Waals surface area contributed by atoms with Crippen LogP contribution < -0.4 is 0 Å². The van der Waals surface area contributed by atoms with E-state index in [0.29, 0.717) is 17.3 Å². The monoisotopic (exact) mass is 350 g/mol. The van der Waals surface area contributed by atoms with Crippen LogP contribution in [0.4, 0.5) is 0 Å². The van der Waals surface area contributed by atoms with Crippen molar-refractivity contribution in [1.29, 1.82) is 0 Å². The van der Waals surface area contributed by atoms with Gasteiger partial charge in [0.2, 0.25) is 0 Å². The van der Waals surface area contributed by atoms with Crippen molar-refractivity contribution in [3.8, 4) is 0 Å². The molecule has 0 aromatic carbocycles. The summed E-state index contributed by atoms with van der Waals surface area (Å²) in [6.45, 7) is 20.2. The van der Waals surface area contributed by atoms with Gasteiger partial charge in [-0.25, -0.2) is 12.2 Å². The third-order valence-electron chi connectivity index (χ3n) is 3.97. The van der Waals surface area contributed by atoms with Crippen LogP contribution in [-0.2, 0) is 0 Å². The minimum Gasteiger partial charge on any atom is -0.270 e. The van der Waals surface area contributed by atoms with Gasteiger partial charge in [0.1, 0.15) is 0 Å². The quantitative estimate of drug-likeness (QED) is 0.422. The van der Waals surface area contributed by atoms with Gasteiger partial charge in [0.25, 0.3) is 0 Å². The standard InChI is InChI=1S/C12H19Si.C10H15.Mg/c1-12(2,3)11-7-6-10(8-11)9-13(4)5;1-8-5-6-9(7-8)10(2,3)4;/h7-10H,1-5H3;6-8H,1-4H3;/q2*-1;+2. The van der Waals surface area contributed by atoms with Crippen LogP contribution in [-0.4, -0.2) is 37.1 Å². The average molecular weight is 351 g/mol. The maximum Gasteiger partial charge on any atom is 2.00 e. The van der Waals surface area contributed by atoms with Gasteiger partial charge in [0.15, 0.2) is 0 Å². The Morgan fingerprint density at radius 1 is 0.875 bits per heavy atom. The summed E-state index contributed by atoms with van der Waals surface area (Å²) < 4.78 is 0. The van der Waals surface area contributed by atoms with Crippen LogP contribution in [0.5, 0.6) is 0 Å². The fourth-order valence-corrected chi connectivity index (χ4v) is 3.36. The number of hydrogen-bond acceptors (Lipinski definition) is 0. The van der Waals surface area contributed by atoms with Gasteiger partial charge in [0, 0.05) is 0 Å². The molecule has 0 spiro atoms. The molecule has 2 heteroatoms. The summed E-state index contributed by atoms with van der Waals surface area (Å²) in [5.74, 6) is 1.01. The molecule has 0 nitrogen and oxygen atoms in total. The molecule has 0 heterocycles. The van der Waals surface area contributed by atoms with Gasteiger partial charge in [0.05, 0.1) is 0 Å². The Morgan fingerprint density at radius 3 is 1.62 bits per heavy atom. The molecule has 0 aliphatic heterocycles. The zero-order chi connectivity index (χ0) is 17.8. The molecule has 2 aliphatic carbocycles. The van der Waals surface area contributed by atoms with Crippen molar-refractivity contribution in [2.45, 2.75) is 61.6 Å². The number of allylic oxidation sites excluding steroid dienone is 8. The Morgan fingerprint density at radius 2 is 1.33 bits per heavy atom. The second kappa shape index (κ2) is 9.49. The average Bonchev–Trinajstić information content (AvgIpc) is 2.96. The molecule has 0 bridgehead atoms. The fourth-order valence-electron chi connectivity index (χ4n) is 2.45. The van der Waals surface area contributed by atoms with Crippen LogP contribution in [0.25, 0.3) is 0 Å². The SMILES string of the molecule is CC1[C-]=CC(C(C)(C)C)=C1.C[Si](C)=CC1[C-]=CC(C(C)(C)C)=C1.[Mg+2]. The van der Waals surface area contributed by atoms with Gasteiger partial charge in [-0.15, -0.1) is 5.67 Å². The van der Waals surface area contributed by atoms with Crippen LogP contribution >= 0.6 is 0 Å². The summed E-state index contributed by atoms with van der Waals surface area (Å²) in [4.78, 5) is 0. The molecule has 0 N–H and O–H groups in total. The van der Waals surface area contributed by atoms with Crippen molar-refractivity contribution < 1.29 is 0 Å². The summed E-state index contributed by atoms with van der Waals surface area (Å²) in [7, 11) is -0.238. The van der Waals surface area contributed by atoms with Crippen molar-refractivity contribution in [3.05, 3.63) is 47.6 Å². The Balaban J connectivity index is 0.000000436. The first-order chi connectivity index (χ1) is 10.4. The van der Waals surface area contributed by atoms with Gasteiger partial charge in [-0.3, -0.25) is 12.2 Å². The Hall–Kier alpha value is -0.187. The van der Waals surface area contributed by atoms with E-state index in [0.717, 1.165) is 0 Å². The van der Waals surface area contributed by atoms with Crippen molar-refractivity contribution >= 4 is 37.1 Å². The Bertz CT molecular complexity index is 556. The van der Waals surface area contributed by atoms with Crippen LogP contribution in [0.1, 0.15) is 48.5 Å². The van der Waals surface area contributed by atoms with Crippen molar-refractivity contribution in [2.24, 2.45) is 22.7 Å². The van der Waals surface area contributed by atoms with E-state index in [1.807, 2.05) is 0 Å². The normalized spacial score (nSPS) is 22.2. The smallest absolute Gasteiger partial charge is 0.270 e. The molecule has 128 valence electrons. The Labute approximate surface area is 168 Å². The molecule has 2 atom stereocenters. The molecular weight excluding hydrogens is 317 g/mol. The molecule has 2 rings (SSSR count). The summed E-state index contributed by atoms with van der Waals surface area (Å²) in [6, 6.07) is 0. The molecule has 0 fully saturated rings. The molecule has 0 saturated heterocycles. The van der Waals surface area contributed by atoms with Crippen molar-refractivity contribution in [3.63, 3.8) is 0 Å². The zero-order valence-corrected chi connectivity index (χ0v) is 19.7. The molecule has 2 unspecified atom stereocenters. The second-order valence-corrected chi connectivity index (χ2v) is 11.4. The maximum atomic E-state index is 3.40. The maximum absolute atomic E-state index is 3.40. The minimum atomic E-state index is -0.238.